The molecule has 2 amide bonds. The molecular weight excluding hydrogens is 310 g/mol. The van der Waals surface area contributed by atoms with E-state index in [-0.39, 0.29) is 11.8 Å². The Hall–Kier alpha value is -3.09. The number of rotatable bonds is 4. The molecule has 7 nitrogen and oxygen atoms in total. The maximum Gasteiger partial charge on any atom is 0.265 e. The zero-order chi connectivity index (χ0) is 17.1. The van der Waals surface area contributed by atoms with Crippen LogP contribution in [0.2, 0.25) is 0 Å². The summed E-state index contributed by atoms with van der Waals surface area (Å²) in [6, 6.07) is 8.41. The molecule has 1 unspecified atom stereocenters. The van der Waals surface area contributed by atoms with Crippen molar-refractivity contribution in [3.8, 4) is 11.6 Å². The van der Waals surface area contributed by atoms with E-state index in [1.54, 1.807) is 43.5 Å². The summed E-state index contributed by atoms with van der Waals surface area (Å²) in [4.78, 5) is 28.4. The lowest BCUT2D eigenvalue weighted by atomic mass is 10.1. The number of aromatic nitrogens is 1. The highest BCUT2D eigenvalue weighted by molar-refractivity contribution is 6.09. The van der Waals surface area contributed by atoms with E-state index in [0.717, 1.165) is 0 Å². The van der Waals surface area contributed by atoms with E-state index in [0.29, 0.717) is 35.2 Å². The van der Waals surface area contributed by atoms with Crippen LogP contribution < -0.4 is 20.1 Å². The highest BCUT2D eigenvalue weighted by Crippen LogP contribution is 2.34. The Kier molecular flexibility index (Phi) is 4.33. The summed E-state index contributed by atoms with van der Waals surface area (Å²) in [6.07, 6.45) is 0.926. The van der Waals surface area contributed by atoms with Crippen molar-refractivity contribution in [2.75, 3.05) is 17.2 Å². The Morgan fingerprint density at radius 2 is 2.21 bits per heavy atom. The first kappa shape index (κ1) is 15.8. The Bertz CT molecular complexity index is 791. The second kappa shape index (κ2) is 6.57. The molecule has 0 aliphatic carbocycles. The number of fused-ring (bicyclic) bond motifs is 1. The van der Waals surface area contributed by atoms with Gasteiger partial charge in [-0.25, -0.2) is 4.98 Å². The highest BCUT2D eigenvalue weighted by Gasteiger charge is 2.27. The van der Waals surface area contributed by atoms with Crippen molar-refractivity contribution in [1.29, 1.82) is 0 Å². The second-order valence-electron chi connectivity index (χ2n) is 5.17. The molecule has 2 heterocycles. The number of anilines is 2. The predicted molar refractivity (Wildman–Crippen MR) is 88.5 cm³/mol. The van der Waals surface area contributed by atoms with Crippen molar-refractivity contribution in [2.24, 2.45) is 0 Å². The number of para-hydroxylation sites is 1. The SMILES string of the molecule is CCOc1ncccc1NC(=O)c1cccc2c1OC(C)C(=O)N2. The molecule has 1 aliphatic heterocycles. The quantitative estimate of drug-likeness (QED) is 0.900. The molecule has 0 spiro atoms. The van der Waals surface area contributed by atoms with E-state index in [9.17, 15) is 9.59 Å². The zero-order valence-electron chi connectivity index (χ0n) is 13.3. The number of carbonyl (C=O) groups excluding carboxylic acids is 2. The third-order valence-corrected chi connectivity index (χ3v) is 3.48. The molecule has 2 aromatic rings. The minimum absolute atomic E-state index is 0.244. The first-order chi connectivity index (χ1) is 11.6. The number of ether oxygens (including phenoxy) is 2. The lowest BCUT2D eigenvalue weighted by Gasteiger charge is -2.25. The van der Waals surface area contributed by atoms with Crippen molar-refractivity contribution in [1.82, 2.24) is 4.98 Å². The summed E-state index contributed by atoms with van der Waals surface area (Å²) in [7, 11) is 0. The fourth-order valence-electron chi connectivity index (χ4n) is 2.33. The Morgan fingerprint density at radius 1 is 1.38 bits per heavy atom. The van der Waals surface area contributed by atoms with Gasteiger partial charge in [-0.15, -0.1) is 0 Å². The maximum absolute atomic E-state index is 12.6. The normalized spacial score (nSPS) is 15.8. The van der Waals surface area contributed by atoms with Gasteiger partial charge in [0.2, 0.25) is 5.88 Å². The number of nitrogens with zero attached hydrogens (tertiary/aromatic N) is 1. The van der Waals surface area contributed by atoms with E-state index in [1.807, 2.05) is 6.92 Å². The van der Waals surface area contributed by atoms with Crippen molar-refractivity contribution >= 4 is 23.2 Å². The van der Waals surface area contributed by atoms with Crippen LogP contribution in [0.3, 0.4) is 0 Å². The average molecular weight is 327 g/mol. The van der Waals surface area contributed by atoms with Crippen LogP contribution in [-0.2, 0) is 4.79 Å². The topological polar surface area (TPSA) is 89.6 Å². The summed E-state index contributed by atoms with van der Waals surface area (Å²) >= 11 is 0. The predicted octanol–water partition coefficient (Wildman–Crippen LogP) is 2.45. The minimum Gasteiger partial charge on any atom is -0.478 e. The van der Waals surface area contributed by atoms with Gasteiger partial charge in [-0.3, -0.25) is 9.59 Å². The molecule has 1 aromatic heterocycles. The van der Waals surface area contributed by atoms with Gasteiger partial charge in [0, 0.05) is 6.20 Å². The molecule has 124 valence electrons. The van der Waals surface area contributed by atoms with E-state index in [2.05, 4.69) is 15.6 Å². The minimum atomic E-state index is -0.663. The summed E-state index contributed by atoms with van der Waals surface area (Å²) < 4.78 is 11.0. The molecule has 0 saturated carbocycles. The summed E-state index contributed by atoms with van der Waals surface area (Å²) in [5, 5.41) is 5.49. The molecule has 3 rings (SSSR count). The monoisotopic (exact) mass is 327 g/mol. The van der Waals surface area contributed by atoms with Crippen molar-refractivity contribution in [3.63, 3.8) is 0 Å². The molecule has 7 heteroatoms. The molecule has 0 radical (unpaired) electrons. The van der Waals surface area contributed by atoms with Gasteiger partial charge in [0.1, 0.15) is 5.69 Å². The third-order valence-electron chi connectivity index (χ3n) is 3.48. The number of amides is 2. The van der Waals surface area contributed by atoms with Gasteiger partial charge in [-0.2, -0.15) is 0 Å². The van der Waals surface area contributed by atoms with Crippen LogP contribution in [0.15, 0.2) is 36.5 Å². The first-order valence-electron chi connectivity index (χ1n) is 7.60. The smallest absolute Gasteiger partial charge is 0.265 e. The molecule has 1 aliphatic rings. The number of hydrogen-bond donors (Lipinski definition) is 2. The average Bonchev–Trinajstić information content (AvgIpc) is 2.57. The van der Waals surface area contributed by atoms with Crippen LogP contribution in [0.4, 0.5) is 11.4 Å². The van der Waals surface area contributed by atoms with Crippen LogP contribution in [0.25, 0.3) is 0 Å². The molecule has 1 atom stereocenters. The van der Waals surface area contributed by atoms with Crippen molar-refractivity contribution < 1.29 is 19.1 Å². The summed E-state index contributed by atoms with van der Waals surface area (Å²) in [5.41, 5.74) is 1.27. The molecule has 0 bridgehead atoms. The lowest BCUT2D eigenvalue weighted by Crippen LogP contribution is -2.35. The van der Waals surface area contributed by atoms with Gasteiger partial charge >= 0.3 is 0 Å². The summed E-state index contributed by atoms with van der Waals surface area (Å²) in [5.74, 6) is 0.0831. The number of nitrogens with one attached hydrogen (secondary N) is 2. The molecule has 0 fully saturated rings. The molecule has 24 heavy (non-hydrogen) atoms. The Morgan fingerprint density at radius 3 is 3.00 bits per heavy atom. The summed E-state index contributed by atoms with van der Waals surface area (Å²) in [6.45, 7) is 3.90. The number of benzene rings is 1. The lowest BCUT2D eigenvalue weighted by molar-refractivity contribution is -0.122. The van der Waals surface area contributed by atoms with Gasteiger partial charge in [-0.1, -0.05) is 6.07 Å². The van der Waals surface area contributed by atoms with E-state index in [1.165, 1.54) is 0 Å². The highest BCUT2D eigenvalue weighted by atomic mass is 16.5. The number of pyridine rings is 1. The van der Waals surface area contributed by atoms with E-state index >= 15 is 0 Å². The second-order valence-corrected chi connectivity index (χ2v) is 5.17. The number of carbonyl (C=O) groups is 2. The largest absolute Gasteiger partial charge is 0.478 e. The maximum atomic E-state index is 12.6. The Balaban J connectivity index is 1.90. The van der Waals surface area contributed by atoms with Gasteiger partial charge in [0.15, 0.2) is 11.9 Å². The van der Waals surface area contributed by atoms with Crippen LogP contribution in [0.5, 0.6) is 11.6 Å². The van der Waals surface area contributed by atoms with Gasteiger partial charge < -0.3 is 20.1 Å². The van der Waals surface area contributed by atoms with Crippen LogP contribution in [0, 0.1) is 0 Å². The van der Waals surface area contributed by atoms with Crippen LogP contribution in [-0.4, -0.2) is 29.5 Å². The zero-order valence-corrected chi connectivity index (χ0v) is 13.3. The van der Waals surface area contributed by atoms with Crippen molar-refractivity contribution in [2.45, 2.75) is 20.0 Å². The van der Waals surface area contributed by atoms with Gasteiger partial charge in [0.25, 0.3) is 11.8 Å². The van der Waals surface area contributed by atoms with E-state index < -0.39 is 6.10 Å². The molecule has 0 saturated heterocycles. The first-order valence-corrected chi connectivity index (χ1v) is 7.60. The van der Waals surface area contributed by atoms with E-state index in [4.69, 9.17) is 9.47 Å². The standard InChI is InChI=1S/C17H17N3O4/c1-3-23-17-13(8-5-9-18-17)20-16(22)11-6-4-7-12-14(11)24-10(2)15(21)19-12/h4-10H,3H2,1-2H3,(H,19,21)(H,20,22). The van der Waals surface area contributed by atoms with Gasteiger partial charge in [-0.05, 0) is 38.1 Å². The molecule has 1 aromatic carbocycles. The third kappa shape index (κ3) is 3.01. The number of hydrogen-bond acceptors (Lipinski definition) is 5. The molecule has 2 N–H and O–H groups in total. The van der Waals surface area contributed by atoms with Crippen molar-refractivity contribution in [3.05, 3.63) is 42.1 Å². The van der Waals surface area contributed by atoms with Gasteiger partial charge in [0.05, 0.1) is 17.9 Å². The fourth-order valence-corrected chi connectivity index (χ4v) is 2.33. The van der Waals surface area contributed by atoms with Crippen LogP contribution >= 0.6 is 0 Å². The Labute approximate surface area is 139 Å². The molecular formula is C17H17N3O4. The van der Waals surface area contributed by atoms with Crippen LogP contribution in [0.1, 0.15) is 24.2 Å². The fraction of sp³-hybridized carbons (Fsp3) is 0.235.